The van der Waals surface area contributed by atoms with Crippen LogP contribution in [-0.4, -0.2) is 30.3 Å². The zero-order chi connectivity index (χ0) is 20.1. The van der Waals surface area contributed by atoms with E-state index in [9.17, 15) is 4.79 Å². The molecule has 2 aromatic rings. The van der Waals surface area contributed by atoms with Crippen molar-refractivity contribution in [1.29, 1.82) is 0 Å². The lowest BCUT2D eigenvalue weighted by Crippen LogP contribution is -2.40. The minimum absolute atomic E-state index is 0.0681. The van der Waals surface area contributed by atoms with Crippen molar-refractivity contribution in [3.63, 3.8) is 0 Å². The molecule has 2 N–H and O–H groups in total. The standard InChI is InChI=1S/C24H29NO4/c26-24(27)12-19-16-29-23-13-20(10-11-21(19)23)28-15-18-8-4-5-9-22(18)25-14-17-6-2-1-3-7-17/h1-3,6-7,10-11,13,18-19,22,25H,4-5,8-9,12,14-16H2,(H,26,27)/t18-,19?,22-/m0/s1. The van der Waals surface area contributed by atoms with Gasteiger partial charge in [0, 0.05) is 36.1 Å². The molecule has 2 aromatic carbocycles. The normalized spacial score (nSPS) is 23.2. The average molecular weight is 395 g/mol. The summed E-state index contributed by atoms with van der Waals surface area (Å²) < 4.78 is 11.8. The number of hydrogen-bond acceptors (Lipinski definition) is 4. The van der Waals surface area contributed by atoms with Crippen LogP contribution in [0.5, 0.6) is 11.5 Å². The number of fused-ring (bicyclic) bond motifs is 1. The zero-order valence-corrected chi connectivity index (χ0v) is 16.7. The molecule has 29 heavy (non-hydrogen) atoms. The molecule has 4 rings (SSSR count). The first-order chi connectivity index (χ1) is 14.2. The van der Waals surface area contributed by atoms with Crippen molar-refractivity contribution < 1.29 is 19.4 Å². The van der Waals surface area contributed by atoms with Crippen LogP contribution in [0, 0.1) is 5.92 Å². The van der Waals surface area contributed by atoms with Crippen molar-refractivity contribution in [2.75, 3.05) is 13.2 Å². The Hall–Kier alpha value is -2.53. The second-order valence-corrected chi connectivity index (χ2v) is 8.13. The highest BCUT2D eigenvalue weighted by atomic mass is 16.5. The maximum Gasteiger partial charge on any atom is 0.304 e. The number of ether oxygens (including phenoxy) is 2. The number of carbonyl (C=O) groups is 1. The molecule has 3 atom stereocenters. The third kappa shape index (κ3) is 5.10. The molecule has 0 spiro atoms. The number of rotatable bonds is 8. The highest BCUT2D eigenvalue weighted by Crippen LogP contribution is 2.38. The summed E-state index contributed by atoms with van der Waals surface area (Å²) in [5.41, 5.74) is 2.28. The zero-order valence-electron chi connectivity index (χ0n) is 16.7. The topological polar surface area (TPSA) is 67.8 Å². The molecule has 1 fully saturated rings. The lowest BCUT2D eigenvalue weighted by molar-refractivity contribution is -0.137. The van der Waals surface area contributed by atoms with Gasteiger partial charge in [-0.05, 0) is 24.5 Å². The van der Waals surface area contributed by atoms with Gasteiger partial charge in [-0.2, -0.15) is 0 Å². The molecule has 0 radical (unpaired) electrons. The molecule has 1 aliphatic heterocycles. The summed E-state index contributed by atoms with van der Waals surface area (Å²) in [5.74, 6) is 1.18. The van der Waals surface area contributed by atoms with Crippen LogP contribution < -0.4 is 14.8 Å². The highest BCUT2D eigenvalue weighted by molar-refractivity contribution is 5.68. The van der Waals surface area contributed by atoms with E-state index in [1.165, 1.54) is 31.2 Å². The molecule has 0 saturated heterocycles. The summed E-state index contributed by atoms with van der Waals surface area (Å²) in [6.45, 7) is 2.00. The van der Waals surface area contributed by atoms with E-state index in [0.29, 0.717) is 25.2 Å². The third-order valence-corrected chi connectivity index (χ3v) is 6.07. The molecule has 2 aliphatic rings. The molecule has 1 heterocycles. The first-order valence-electron chi connectivity index (χ1n) is 10.6. The summed E-state index contributed by atoms with van der Waals surface area (Å²) in [5, 5.41) is 12.8. The van der Waals surface area contributed by atoms with Crippen molar-refractivity contribution in [2.24, 2.45) is 5.92 Å². The molecule has 0 aromatic heterocycles. The van der Waals surface area contributed by atoms with E-state index >= 15 is 0 Å². The van der Waals surface area contributed by atoms with Crippen molar-refractivity contribution >= 4 is 5.97 Å². The van der Waals surface area contributed by atoms with Gasteiger partial charge in [0.1, 0.15) is 11.5 Å². The van der Waals surface area contributed by atoms with E-state index in [1.54, 1.807) is 0 Å². The summed E-state index contributed by atoms with van der Waals surface area (Å²) >= 11 is 0. The molecule has 0 amide bonds. The third-order valence-electron chi connectivity index (χ3n) is 6.07. The Morgan fingerprint density at radius 2 is 1.97 bits per heavy atom. The fourth-order valence-electron chi connectivity index (χ4n) is 4.45. The predicted molar refractivity (Wildman–Crippen MR) is 111 cm³/mol. The van der Waals surface area contributed by atoms with Gasteiger partial charge in [-0.15, -0.1) is 0 Å². The molecule has 154 valence electrons. The van der Waals surface area contributed by atoms with Gasteiger partial charge in [0.25, 0.3) is 0 Å². The number of hydrogen-bond donors (Lipinski definition) is 2. The van der Waals surface area contributed by atoms with Crippen molar-refractivity contribution in [3.8, 4) is 11.5 Å². The predicted octanol–water partition coefficient (Wildman–Crippen LogP) is 4.36. The van der Waals surface area contributed by atoms with Crippen molar-refractivity contribution in [2.45, 2.75) is 50.6 Å². The second kappa shape index (κ2) is 9.31. The van der Waals surface area contributed by atoms with Gasteiger partial charge in [-0.3, -0.25) is 4.79 Å². The van der Waals surface area contributed by atoms with E-state index in [-0.39, 0.29) is 12.3 Å². The Balaban J connectivity index is 1.33. The number of benzene rings is 2. The van der Waals surface area contributed by atoms with E-state index in [4.69, 9.17) is 14.6 Å². The van der Waals surface area contributed by atoms with Crippen LogP contribution >= 0.6 is 0 Å². The summed E-state index contributed by atoms with van der Waals surface area (Å²) in [7, 11) is 0. The highest BCUT2D eigenvalue weighted by Gasteiger charge is 2.28. The minimum Gasteiger partial charge on any atom is -0.493 e. The molecule has 0 bridgehead atoms. The first kappa shape index (κ1) is 19.8. The maximum atomic E-state index is 11.0. The second-order valence-electron chi connectivity index (χ2n) is 8.13. The summed E-state index contributed by atoms with van der Waals surface area (Å²) in [4.78, 5) is 11.0. The largest absolute Gasteiger partial charge is 0.493 e. The van der Waals surface area contributed by atoms with E-state index in [1.807, 2.05) is 24.3 Å². The van der Waals surface area contributed by atoms with Gasteiger partial charge in [-0.1, -0.05) is 49.2 Å². The number of aliphatic carboxylic acids is 1. The fourth-order valence-corrected chi connectivity index (χ4v) is 4.45. The smallest absolute Gasteiger partial charge is 0.304 e. The van der Waals surface area contributed by atoms with Crippen LogP contribution in [0.4, 0.5) is 0 Å². The average Bonchev–Trinajstić information content (AvgIpc) is 3.13. The van der Waals surface area contributed by atoms with Gasteiger partial charge in [0.2, 0.25) is 0 Å². The Morgan fingerprint density at radius 3 is 2.79 bits per heavy atom. The summed E-state index contributed by atoms with van der Waals surface area (Å²) in [6, 6.07) is 16.8. The number of carboxylic acids is 1. The van der Waals surface area contributed by atoms with Gasteiger partial charge in [0.05, 0.1) is 19.6 Å². The van der Waals surface area contributed by atoms with E-state index in [0.717, 1.165) is 23.6 Å². The van der Waals surface area contributed by atoms with Gasteiger partial charge < -0.3 is 19.9 Å². The summed E-state index contributed by atoms with van der Waals surface area (Å²) in [6.07, 6.45) is 4.98. The molecular weight excluding hydrogens is 366 g/mol. The van der Waals surface area contributed by atoms with Crippen molar-refractivity contribution in [3.05, 3.63) is 59.7 Å². The van der Waals surface area contributed by atoms with Crippen LogP contribution in [0.15, 0.2) is 48.5 Å². The van der Waals surface area contributed by atoms with Crippen molar-refractivity contribution in [1.82, 2.24) is 5.32 Å². The van der Waals surface area contributed by atoms with E-state index in [2.05, 4.69) is 29.6 Å². The molecule has 1 aliphatic carbocycles. The monoisotopic (exact) mass is 395 g/mol. The Bertz CT molecular complexity index is 823. The van der Waals surface area contributed by atoms with Crippen LogP contribution in [0.1, 0.15) is 49.1 Å². The SMILES string of the molecule is O=C(O)CC1COc2cc(OC[C@@H]3CCCC[C@@H]3NCc3ccccc3)ccc21. The van der Waals surface area contributed by atoms with Gasteiger partial charge in [-0.25, -0.2) is 0 Å². The first-order valence-corrected chi connectivity index (χ1v) is 10.6. The lowest BCUT2D eigenvalue weighted by atomic mass is 9.85. The lowest BCUT2D eigenvalue weighted by Gasteiger charge is -2.32. The molecule has 1 saturated carbocycles. The number of carboxylic acid groups (broad SMARTS) is 1. The molecule has 1 unspecified atom stereocenters. The van der Waals surface area contributed by atoms with E-state index < -0.39 is 5.97 Å². The van der Waals surface area contributed by atoms with Gasteiger partial charge >= 0.3 is 5.97 Å². The van der Waals surface area contributed by atoms with Crippen LogP contribution in [0.3, 0.4) is 0 Å². The Labute approximate surface area is 172 Å². The van der Waals surface area contributed by atoms with Crippen LogP contribution in [0.2, 0.25) is 0 Å². The number of nitrogens with one attached hydrogen (secondary N) is 1. The molecular formula is C24H29NO4. The minimum atomic E-state index is -0.793. The van der Waals surface area contributed by atoms with Crippen LogP contribution in [-0.2, 0) is 11.3 Å². The quantitative estimate of drug-likeness (QED) is 0.695. The van der Waals surface area contributed by atoms with Crippen LogP contribution in [0.25, 0.3) is 0 Å². The van der Waals surface area contributed by atoms with Gasteiger partial charge in [0.15, 0.2) is 0 Å². The maximum absolute atomic E-state index is 11.0. The Morgan fingerprint density at radius 1 is 1.14 bits per heavy atom. The fraction of sp³-hybridized carbons (Fsp3) is 0.458. The molecule has 5 heteroatoms. The molecule has 5 nitrogen and oxygen atoms in total. The Kier molecular flexibility index (Phi) is 6.35.